The molecule has 0 bridgehead atoms. The number of rotatable bonds is 10. The van der Waals surface area contributed by atoms with E-state index in [0.29, 0.717) is 0 Å². The summed E-state index contributed by atoms with van der Waals surface area (Å²) >= 11 is 0. The highest BCUT2D eigenvalue weighted by atomic mass is 14.4. The van der Waals surface area contributed by atoms with Crippen LogP contribution in [0.1, 0.15) is 85.5 Å². The molecule has 0 aromatic carbocycles. The van der Waals surface area contributed by atoms with Gasteiger partial charge in [-0.1, -0.05) is 72.6 Å². The Bertz CT molecular complexity index is 184. The van der Waals surface area contributed by atoms with Crippen LogP contribution in [0.15, 0.2) is 0 Å². The summed E-state index contributed by atoms with van der Waals surface area (Å²) in [6, 6.07) is 0. The van der Waals surface area contributed by atoms with Crippen LogP contribution in [0.3, 0.4) is 0 Å². The Morgan fingerprint density at radius 3 is 2.00 bits per heavy atom. The van der Waals surface area contributed by atoms with E-state index in [0.717, 1.165) is 23.7 Å². The lowest BCUT2D eigenvalue weighted by Crippen LogP contribution is -1.99. The zero-order chi connectivity index (χ0) is 12.7. The molecule has 0 saturated heterocycles. The molecule has 102 valence electrons. The SMILES string of the molecule is CCCCC(C)CCCC(C)CCC1CC1C. The van der Waals surface area contributed by atoms with E-state index >= 15 is 0 Å². The van der Waals surface area contributed by atoms with Crippen molar-refractivity contribution in [3.05, 3.63) is 0 Å². The van der Waals surface area contributed by atoms with Crippen LogP contribution in [0.25, 0.3) is 0 Å². The van der Waals surface area contributed by atoms with E-state index in [4.69, 9.17) is 0 Å². The molecule has 0 amide bonds. The average molecular weight is 238 g/mol. The molecule has 1 aliphatic carbocycles. The molecule has 4 unspecified atom stereocenters. The first-order valence-electron chi connectivity index (χ1n) is 8.13. The Hall–Kier alpha value is 0. The molecular formula is C17H34. The fourth-order valence-electron chi connectivity index (χ4n) is 2.96. The summed E-state index contributed by atoms with van der Waals surface area (Å²) in [6.07, 6.45) is 13.1. The first kappa shape index (κ1) is 15.1. The number of unbranched alkanes of at least 4 members (excludes halogenated alkanes) is 1. The van der Waals surface area contributed by atoms with Crippen molar-refractivity contribution in [1.29, 1.82) is 0 Å². The highest BCUT2D eigenvalue weighted by molar-refractivity contribution is 4.82. The zero-order valence-corrected chi connectivity index (χ0v) is 12.7. The van der Waals surface area contributed by atoms with Gasteiger partial charge < -0.3 is 0 Å². The Morgan fingerprint density at radius 2 is 1.47 bits per heavy atom. The van der Waals surface area contributed by atoms with Crippen molar-refractivity contribution >= 4 is 0 Å². The molecule has 0 aromatic heterocycles. The van der Waals surface area contributed by atoms with Gasteiger partial charge in [0.25, 0.3) is 0 Å². The van der Waals surface area contributed by atoms with Crippen molar-refractivity contribution in [2.45, 2.75) is 85.5 Å². The van der Waals surface area contributed by atoms with Gasteiger partial charge in [0, 0.05) is 0 Å². The zero-order valence-electron chi connectivity index (χ0n) is 12.7. The largest absolute Gasteiger partial charge is 0.0654 e. The number of hydrogen-bond donors (Lipinski definition) is 0. The lowest BCUT2D eigenvalue weighted by molar-refractivity contribution is 0.392. The van der Waals surface area contributed by atoms with E-state index in [1.165, 1.54) is 57.8 Å². The third-order valence-corrected chi connectivity index (χ3v) is 4.75. The summed E-state index contributed by atoms with van der Waals surface area (Å²) in [4.78, 5) is 0. The predicted molar refractivity (Wildman–Crippen MR) is 78.2 cm³/mol. The minimum atomic E-state index is 0.964. The fraction of sp³-hybridized carbons (Fsp3) is 1.00. The molecule has 1 rings (SSSR count). The molecule has 0 aliphatic heterocycles. The molecule has 0 nitrogen and oxygen atoms in total. The van der Waals surface area contributed by atoms with Crippen LogP contribution in [-0.4, -0.2) is 0 Å². The van der Waals surface area contributed by atoms with Crippen LogP contribution in [0.4, 0.5) is 0 Å². The second-order valence-corrected chi connectivity index (χ2v) is 6.83. The van der Waals surface area contributed by atoms with Gasteiger partial charge in [-0.05, 0) is 36.5 Å². The fourth-order valence-corrected chi connectivity index (χ4v) is 2.96. The third-order valence-electron chi connectivity index (χ3n) is 4.75. The van der Waals surface area contributed by atoms with Crippen LogP contribution in [0, 0.1) is 23.7 Å². The van der Waals surface area contributed by atoms with E-state index in [1.807, 2.05) is 0 Å². The lowest BCUT2D eigenvalue weighted by Gasteiger charge is -2.14. The molecule has 0 spiro atoms. The van der Waals surface area contributed by atoms with Crippen molar-refractivity contribution in [3.8, 4) is 0 Å². The summed E-state index contributed by atoms with van der Waals surface area (Å²) in [6.45, 7) is 9.61. The predicted octanol–water partition coefficient (Wildman–Crippen LogP) is 6.06. The monoisotopic (exact) mass is 238 g/mol. The molecule has 0 N–H and O–H groups in total. The standard InChI is InChI=1S/C17H34/c1-5-6-8-14(2)9-7-10-15(3)11-12-17-13-16(17)4/h14-17H,5-13H2,1-4H3. The normalized spacial score (nSPS) is 26.8. The summed E-state index contributed by atoms with van der Waals surface area (Å²) in [5.41, 5.74) is 0. The van der Waals surface area contributed by atoms with E-state index in [2.05, 4.69) is 27.7 Å². The van der Waals surface area contributed by atoms with Crippen molar-refractivity contribution in [2.75, 3.05) is 0 Å². The molecular weight excluding hydrogens is 204 g/mol. The second-order valence-electron chi connectivity index (χ2n) is 6.83. The Balaban J connectivity index is 1.90. The van der Waals surface area contributed by atoms with Crippen LogP contribution >= 0.6 is 0 Å². The minimum absolute atomic E-state index is 0.964. The molecule has 0 aromatic rings. The van der Waals surface area contributed by atoms with Crippen LogP contribution < -0.4 is 0 Å². The van der Waals surface area contributed by atoms with Gasteiger partial charge >= 0.3 is 0 Å². The van der Waals surface area contributed by atoms with Crippen molar-refractivity contribution in [1.82, 2.24) is 0 Å². The van der Waals surface area contributed by atoms with E-state index in [-0.39, 0.29) is 0 Å². The van der Waals surface area contributed by atoms with Gasteiger partial charge in [0.2, 0.25) is 0 Å². The summed E-state index contributed by atoms with van der Waals surface area (Å²) < 4.78 is 0. The maximum atomic E-state index is 2.46. The molecule has 0 heterocycles. The van der Waals surface area contributed by atoms with Gasteiger partial charge in [0.05, 0.1) is 0 Å². The van der Waals surface area contributed by atoms with Gasteiger partial charge in [-0.2, -0.15) is 0 Å². The van der Waals surface area contributed by atoms with Crippen molar-refractivity contribution in [3.63, 3.8) is 0 Å². The Morgan fingerprint density at radius 1 is 0.941 bits per heavy atom. The first-order valence-corrected chi connectivity index (χ1v) is 8.13. The van der Waals surface area contributed by atoms with Crippen LogP contribution in [0.2, 0.25) is 0 Å². The Kier molecular flexibility index (Phi) is 7.23. The highest BCUT2D eigenvalue weighted by Crippen LogP contribution is 2.42. The molecule has 1 saturated carbocycles. The average Bonchev–Trinajstić information content (AvgIpc) is 3.00. The molecule has 1 fully saturated rings. The number of hydrogen-bond acceptors (Lipinski definition) is 0. The van der Waals surface area contributed by atoms with Gasteiger partial charge in [-0.3, -0.25) is 0 Å². The van der Waals surface area contributed by atoms with Gasteiger partial charge in [0.1, 0.15) is 0 Å². The molecule has 0 heteroatoms. The quantitative estimate of drug-likeness (QED) is 0.434. The van der Waals surface area contributed by atoms with Crippen molar-refractivity contribution < 1.29 is 0 Å². The minimum Gasteiger partial charge on any atom is -0.0654 e. The molecule has 1 aliphatic rings. The van der Waals surface area contributed by atoms with Crippen molar-refractivity contribution in [2.24, 2.45) is 23.7 Å². The van der Waals surface area contributed by atoms with Crippen LogP contribution in [0.5, 0.6) is 0 Å². The molecule has 17 heavy (non-hydrogen) atoms. The van der Waals surface area contributed by atoms with Gasteiger partial charge in [-0.15, -0.1) is 0 Å². The Labute approximate surface area is 110 Å². The highest BCUT2D eigenvalue weighted by Gasteiger charge is 2.31. The summed E-state index contributed by atoms with van der Waals surface area (Å²) in [7, 11) is 0. The lowest BCUT2D eigenvalue weighted by atomic mass is 9.92. The summed E-state index contributed by atoms with van der Waals surface area (Å²) in [5, 5.41) is 0. The topological polar surface area (TPSA) is 0 Å². The molecule has 4 atom stereocenters. The maximum Gasteiger partial charge on any atom is -0.0386 e. The van der Waals surface area contributed by atoms with Crippen LogP contribution in [-0.2, 0) is 0 Å². The third kappa shape index (κ3) is 7.11. The van der Waals surface area contributed by atoms with E-state index in [1.54, 1.807) is 0 Å². The van der Waals surface area contributed by atoms with Gasteiger partial charge in [-0.25, -0.2) is 0 Å². The van der Waals surface area contributed by atoms with E-state index < -0.39 is 0 Å². The second kappa shape index (κ2) is 8.16. The molecule has 0 radical (unpaired) electrons. The first-order chi connectivity index (χ1) is 8.13. The maximum absolute atomic E-state index is 2.46. The van der Waals surface area contributed by atoms with E-state index in [9.17, 15) is 0 Å². The smallest absolute Gasteiger partial charge is 0.0386 e. The van der Waals surface area contributed by atoms with Gasteiger partial charge in [0.15, 0.2) is 0 Å². The summed E-state index contributed by atoms with van der Waals surface area (Å²) in [5.74, 6) is 4.09.